The van der Waals surface area contributed by atoms with Crippen LogP contribution in [0.25, 0.3) is 0 Å². The van der Waals surface area contributed by atoms with Gasteiger partial charge in [-0.15, -0.1) is 6.58 Å². The highest BCUT2D eigenvalue weighted by atomic mass is 28.3. The van der Waals surface area contributed by atoms with Gasteiger partial charge in [0, 0.05) is 6.61 Å². The first-order valence-corrected chi connectivity index (χ1v) is 12.8. The SMILES string of the molecule is C=CCCCC[Si](CCO)(CCCCCC)CCCCCC. The van der Waals surface area contributed by atoms with Crippen molar-refractivity contribution in [3.8, 4) is 0 Å². The highest BCUT2D eigenvalue weighted by molar-refractivity contribution is 6.79. The van der Waals surface area contributed by atoms with E-state index in [-0.39, 0.29) is 0 Å². The second-order valence-corrected chi connectivity index (χ2v) is 12.1. The van der Waals surface area contributed by atoms with E-state index in [9.17, 15) is 5.11 Å². The van der Waals surface area contributed by atoms with Gasteiger partial charge in [0.1, 0.15) is 0 Å². The van der Waals surface area contributed by atoms with Crippen LogP contribution in [0.1, 0.15) is 84.5 Å². The minimum Gasteiger partial charge on any atom is -0.397 e. The van der Waals surface area contributed by atoms with Gasteiger partial charge in [-0.2, -0.15) is 0 Å². The third kappa shape index (κ3) is 11.5. The molecule has 0 rings (SSSR count). The molecule has 132 valence electrons. The highest BCUT2D eigenvalue weighted by Crippen LogP contribution is 2.32. The lowest BCUT2D eigenvalue weighted by atomic mass is 10.2. The summed E-state index contributed by atoms with van der Waals surface area (Å²) in [5.41, 5.74) is 0. The predicted molar refractivity (Wildman–Crippen MR) is 104 cm³/mol. The monoisotopic (exact) mass is 326 g/mol. The van der Waals surface area contributed by atoms with Crippen LogP contribution in [0.15, 0.2) is 12.7 Å². The van der Waals surface area contributed by atoms with Crippen molar-refractivity contribution in [2.24, 2.45) is 0 Å². The number of aliphatic hydroxyl groups excluding tert-OH is 1. The van der Waals surface area contributed by atoms with E-state index in [1.54, 1.807) is 0 Å². The summed E-state index contributed by atoms with van der Waals surface area (Å²) in [5.74, 6) is 0. The minimum atomic E-state index is -1.23. The summed E-state index contributed by atoms with van der Waals surface area (Å²) < 4.78 is 0. The maximum Gasteiger partial charge on any atom is 0.0558 e. The van der Waals surface area contributed by atoms with Crippen molar-refractivity contribution in [2.75, 3.05) is 6.61 Å². The summed E-state index contributed by atoms with van der Waals surface area (Å²) >= 11 is 0. The van der Waals surface area contributed by atoms with Gasteiger partial charge in [0.2, 0.25) is 0 Å². The number of unbranched alkanes of at least 4 members (excludes halogenated alkanes) is 8. The molecule has 0 aromatic heterocycles. The van der Waals surface area contributed by atoms with Gasteiger partial charge in [0.25, 0.3) is 0 Å². The molecule has 0 unspecified atom stereocenters. The fourth-order valence-electron chi connectivity index (χ4n) is 3.63. The molecule has 1 nitrogen and oxygen atoms in total. The summed E-state index contributed by atoms with van der Waals surface area (Å²) in [5, 5.41) is 9.63. The lowest BCUT2D eigenvalue weighted by molar-refractivity contribution is 0.315. The van der Waals surface area contributed by atoms with Crippen molar-refractivity contribution in [2.45, 2.75) is 109 Å². The molecule has 1 N–H and O–H groups in total. The lowest BCUT2D eigenvalue weighted by Gasteiger charge is -2.32. The fraction of sp³-hybridized carbons (Fsp3) is 0.900. The molecule has 0 aliphatic carbocycles. The Bertz CT molecular complexity index is 228. The van der Waals surface area contributed by atoms with E-state index < -0.39 is 8.07 Å². The molecule has 0 spiro atoms. The molecule has 2 heteroatoms. The molecular formula is C20H42OSi. The van der Waals surface area contributed by atoms with Crippen LogP contribution in [-0.2, 0) is 0 Å². The summed E-state index contributed by atoms with van der Waals surface area (Å²) in [6, 6.07) is 5.53. The first-order chi connectivity index (χ1) is 10.7. The zero-order chi connectivity index (χ0) is 16.5. The Hall–Kier alpha value is -0.0831. The molecule has 0 fully saturated rings. The fourth-order valence-corrected chi connectivity index (χ4v) is 8.60. The Labute approximate surface area is 141 Å². The second kappa shape index (κ2) is 15.8. The maximum atomic E-state index is 9.63. The van der Waals surface area contributed by atoms with E-state index in [0.717, 1.165) is 12.5 Å². The van der Waals surface area contributed by atoms with Crippen LogP contribution < -0.4 is 0 Å². The molecule has 0 radical (unpaired) electrons. The van der Waals surface area contributed by atoms with Gasteiger partial charge in [-0.25, -0.2) is 0 Å². The summed E-state index contributed by atoms with van der Waals surface area (Å²) in [6.45, 7) is 8.85. The van der Waals surface area contributed by atoms with E-state index in [2.05, 4.69) is 26.5 Å². The number of aliphatic hydroxyl groups is 1. The molecular weight excluding hydrogens is 284 g/mol. The van der Waals surface area contributed by atoms with Gasteiger partial charge in [0.15, 0.2) is 0 Å². The van der Waals surface area contributed by atoms with Gasteiger partial charge in [-0.05, 0) is 12.5 Å². The smallest absolute Gasteiger partial charge is 0.0558 e. The van der Waals surface area contributed by atoms with Gasteiger partial charge in [-0.3, -0.25) is 0 Å². The van der Waals surface area contributed by atoms with Crippen LogP contribution in [0, 0.1) is 0 Å². The largest absolute Gasteiger partial charge is 0.397 e. The molecule has 0 aliphatic rings. The lowest BCUT2D eigenvalue weighted by Crippen LogP contribution is -2.35. The van der Waals surface area contributed by atoms with Crippen molar-refractivity contribution in [1.82, 2.24) is 0 Å². The van der Waals surface area contributed by atoms with E-state index in [1.807, 2.05) is 0 Å². The minimum absolute atomic E-state index is 0.426. The predicted octanol–water partition coefficient (Wildman–Crippen LogP) is 6.94. The van der Waals surface area contributed by atoms with Crippen LogP contribution >= 0.6 is 0 Å². The van der Waals surface area contributed by atoms with Crippen LogP contribution in [0.4, 0.5) is 0 Å². The maximum absolute atomic E-state index is 9.63. The van der Waals surface area contributed by atoms with Crippen molar-refractivity contribution in [1.29, 1.82) is 0 Å². The molecule has 0 aromatic rings. The summed E-state index contributed by atoms with van der Waals surface area (Å²) in [4.78, 5) is 0. The number of hydrogen-bond donors (Lipinski definition) is 1. The molecule has 0 heterocycles. The van der Waals surface area contributed by atoms with Crippen LogP contribution in [0.3, 0.4) is 0 Å². The van der Waals surface area contributed by atoms with Gasteiger partial charge >= 0.3 is 0 Å². The number of hydrogen-bond acceptors (Lipinski definition) is 1. The first kappa shape index (κ1) is 21.9. The van der Waals surface area contributed by atoms with Crippen molar-refractivity contribution < 1.29 is 5.11 Å². The van der Waals surface area contributed by atoms with Gasteiger partial charge < -0.3 is 5.11 Å². The average molecular weight is 327 g/mol. The van der Waals surface area contributed by atoms with Gasteiger partial charge in [0.05, 0.1) is 8.07 Å². The average Bonchev–Trinajstić information content (AvgIpc) is 2.53. The van der Waals surface area contributed by atoms with Crippen molar-refractivity contribution >= 4 is 8.07 Å². The zero-order valence-electron chi connectivity index (χ0n) is 15.5. The Balaban J connectivity index is 4.42. The molecule has 22 heavy (non-hydrogen) atoms. The Kier molecular flexibility index (Phi) is 15.7. The Morgan fingerprint density at radius 1 is 0.727 bits per heavy atom. The summed E-state index contributed by atoms with van der Waals surface area (Å²) in [6.07, 6.45) is 16.9. The summed E-state index contributed by atoms with van der Waals surface area (Å²) in [7, 11) is -1.23. The highest BCUT2D eigenvalue weighted by Gasteiger charge is 2.30. The standard InChI is InChI=1S/C20H42OSi/c1-4-7-10-13-17-22(20-16-21,18-14-11-8-5-2)19-15-12-9-6-3/h4,21H,1,5-20H2,2-3H3. The molecule has 0 atom stereocenters. The Morgan fingerprint density at radius 2 is 1.23 bits per heavy atom. The molecule has 0 saturated heterocycles. The zero-order valence-corrected chi connectivity index (χ0v) is 16.5. The molecule has 0 bridgehead atoms. The molecule has 0 aromatic carbocycles. The Morgan fingerprint density at radius 3 is 1.64 bits per heavy atom. The number of rotatable bonds is 17. The van der Waals surface area contributed by atoms with Gasteiger partial charge in [-0.1, -0.05) is 102 Å². The van der Waals surface area contributed by atoms with Crippen molar-refractivity contribution in [3.05, 3.63) is 12.7 Å². The van der Waals surface area contributed by atoms with Crippen LogP contribution in [0.5, 0.6) is 0 Å². The normalized spacial score (nSPS) is 11.8. The van der Waals surface area contributed by atoms with E-state index in [1.165, 1.54) is 82.3 Å². The third-order valence-electron chi connectivity index (χ3n) is 5.13. The third-order valence-corrected chi connectivity index (χ3v) is 10.7. The molecule has 0 saturated carbocycles. The topological polar surface area (TPSA) is 20.2 Å². The quantitative estimate of drug-likeness (QED) is 0.174. The number of allylic oxidation sites excluding steroid dienone is 1. The second-order valence-electron chi connectivity index (χ2n) is 7.13. The van der Waals surface area contributed by atoms with E-state index in [4.69, 9.17) is 0 Å². The van der Waals surface area contributed by atoms with E-state index >= 15 is 0 Å². The molecule has 0 amide bonds. The van der Waals surface area contributed by atoms with Crippen LogP contribution in [-0.4, -0.2) is 19.8 Å². The molecule has 0 aliphatic heterocycles. The van der Waals surface area contributed by atoms with Crippen LogP contribution in [0.2, 0.25) is 24.2 Å². The first-order valence-electron chi connectivity index (χ1n) is 9.96. The van der Waals surface area contributed by atoms with Crippen molar-refractivity contribution in [3.63, 3.8) is 0 Å². The van der Waals surface area contributed by atoms with E-state index in [0.29, 0.717) is 6.61 Å².